The fourth-order valence-electron chi connectivity index (χ4n) is 9.29. The van der Waals surface area contributed by atoms with Gasteiger partial charge in [-0.2, -0.15) is 0 Å². The molecule has 4 fully saturated rings. The predicted molar refractivity (Wildman–Crippen MR) is 127 cm³/mol. The minimum absolute atomic E-state index is 0.180. The Labute approximate surface area is 192 Å². The van der Waals surface area contributed by atoms with Crippen molar-refractivity contribution < 1.29 is 4.79 Å². The summed E-state index contributed by atoms with van der Waals surface area (Å²) in [5.74, 6) is 4.90. The van der Waals surface area contributed by atoms with Gasteiger partial charge in [0.25, 0.3) is 0 Å². The number of carbonyl (C=O) groups is 1. The van der Waals surface area contributed by atoms with Crippen molar-refractivity contribution in [1.82, 2.24) is 15.0 Å². The van der Waals surface area contributed by atoms with Gasteiger partial charge in [0, 0.05) is 5.92 Å². The van der Waals surface area contributed by atoms with Gasteiger partial charge >= 0.3 is 0 Å². The number of rotatable bonds is 3. The summed E-state index contributed by atoms with van der Waals surface area (Å²) < 4.78 is 1.83. The first-order valence-corrected chi connectivity index (χ1v) is 13.2. The van der Waals surface area contributed by atoms with Gasteiger partial charge in [-0.05, 0) is 104 Å². The lowest BCUT2D eigenvalue weighted by Crippen LogP contribution is -2.53. The number of hydrogen-bond acceptors (Lipinski definition) is 3. The highest BCUT2D eigenvalue weighted by Crippen LogP contribution is 2.67. The van der Waals surface area contributed by atoms with Crippen molar-refractivity contribution in [3.63, 3.8) is 0 Å². The summed E-state index contributed by atoms with van der Waals surface area (Å²) in [5, 5.41) is 8.57. The van der Waals surface area contributed by atoms with Gasteiger partial charge in [-0.1, -0.05) is 44.5 Å². The third-order valence-corrected chi connectivity index (χ3v) is 11.0. The van der Waals surface area contributed by atoms with Crippen molar-refractivity contribution in [3.8, 4) is 0 Å². The van der Waals surface area contributed by atoms with Gasteiger partial charge in [0.1, 0.15) is 12.1 Å². The first-order valence-electron chi connectivity index (χ1n) is 13.2. The van der Waals surface area contributed by atoms with Crippen molar-refractivity contribution in [2.45, 2.75) is 85.1 Å². The minimum Gasteiger partial charge on any atom is -0.297 e. The first-order chi connectivity index (χ1) is 15.4. The zero-order valence-electron chi connectivity index (χ0n) is 20.1. The van der Waals surface area contributed by atoms with E-state index < -0.39 is 0 Å². The molecular formula is C28H39N3O. The van der Waals surface area contributed by atoms with Crippen LogP contribution in [0.15, 0.2) is 24.3 Å². The second-order valence-corrected chi connectivity index (χ2v) is 12.4. The number of nitrogens with zero attached hydrogens (tertiary/aromatic N) is 3. The van der Waals surface area contributed by atoms with E-state index in [-0.39, 0.29) is 11.3 Å². The second-order valence-electron chi connectivity index (χ2n) is 12.4. The van der Waals surface area contributed by atoms with Crippen LogP contribution in [0.4, 0.5) is 0 Å². The molecule has 0 saturated heterocycles. The third-order valence-electron chi connectivity index (χ3n) is 11.0. The fraction of sp³-hybridized carbons (Fsp3) is 0.750. The summed E-state index contributed by atoms with van der Waals surface area (Å²) in [5.41, 5.74) is 2.59. The number of benzene rings is 1. The average Bonchev–Trinajstić information content (AvgIpc) is 3.35. The Morgan fingerprint density at radius 1 is 1.00 bits per heavy atom. The van der Waals surface area contributed by atoms with E-state index in [2.05, 4.69) is 31.1 Å². The molecule has 4 saturated carbocycles. The Balaban J connectivity index is 1.22. The van der Waals surface area contributed by atoms with Crippen LogP contribution in [0.1, 0.15) is 78.6 Å². The van der Waals surface area contributed by atoms with E-state index in [0.29, 0.717) is 17.7 Å². The molecule has 172 valence electrons. The van der Waals surface area contributed by atoms with Crippen LogP contribution < -0.4 is 0 Å². The largest absolute Gasteiger partial charge is 0.297 e. The molecule has 3 unspecified atom stereocenters. The molecule has 4 aliphatic carbocycles. The SMILES string of the molecule is C[C@H]1CC[C@@]2(C)C(CC[C@@H]3C2CC[C@@]2(C)C3CC[C@@H]2C(=O)Cn2nnc3ccccc32)C1. The van der Waals surface area contributed by atoms with E-state index in [9.17, 15) is 4.79 Å². The molecule has 2 aromatic rings. The van der Waals surface area contributed by atoms with E-state index in [1.807, 2.05) is 28.9 Å². The van der Waals surface area contributed by atoms with E-state index in [0.717, 1.165) is 47.0 Å². The number of ketones is 1. The topological polar surface area (TPSA) is 47.8 Å². The van der Waals surface area contributed by atoms with Crippen LogP contribution in [0.2, 0.25) is 0 Å². The van der Waals surface area contributed by atoms with E-state index in [1.165, 1.54) is 51.4 Å². The summed E-state index contributed by atoms with van der Waals surface area (Å²) in [4.78, 5) is 13.6. The van der Waals surface area contributed by atoms with E-state index >= 15 is 0 Å². The zero-order chi connectivity index (χ0) is 22.1. The number of hydrogen-bond donors (Lipinski definition) is 0. The van der Waals surface area contributed by atoms with Gasteiger partial charge in [-0.3, -0.25) is 4.79 Å². The number of aromatic nitrogens is 3. The lowest BCUT2D eigenvalue weighted by Gasteiger charge is -2.61. The third kappa shape index (κ3) is 2.97. The number of fused-ring (bicyclic) bond motifs is 6. The Kier molecular flexibility index (Phi) is 4.82. The monoisotopic (exact) mass is 433 g/mol. The first kappa shape index (κ1) is 20.9. The van der Waals surface area contributed by atoms with Gasteiger partial charge in [0.05, 0.1) is 5.52 Å². The molecule has 4 aliphatic rings. The highest BCUT2D eigenvalue weighted by atomic mass is 16.1. The molecule has 32 heavy (non-hydrogen) atoms. The molecule has 4 nitrogen and oxygen atoms in total. The van der Waals surface area contributed by atoms with E-state index in [4.69, 9.17) is 0 Å². The maximum atomic E-state index is 13.6. The fourth-order valence-corrected chi connectivity index (χ4v) is 9.29. The summed E-state index contributed by atoms with van der Waals surface area (Å²) in [6.07, 6.45) is 12.1. The van der Waals surface area contributed by atoms with Crippen molar-refractivity contribution in [1.29, 1.82) is 0 Å². The summed E-state index contributed by atoms with van der Waals surface area (Å²) in [6, 6.07) is 7.98. The molecule has 0 N–H and O–H groups in total. The molecule has 0 aliphatic heterocycles. The molecule has 6 rings (SSSR count). The number of para-hydroxylation sites is 1. The average molecular weight is 434 g/mol. The number of carbonyl (C=O) groups excluding carboxylic acids is 1. The second kappa shape index (κ2) is 7.40. The van der Waals surface area contributed by atoms with Crippen LogP contribution in [-0.2, 0) is 11.3 Å². The van der Waals surface area contributed by atoms with Gasteiger partial charge in [0.2, 0.25) is 0 Å². The van der Waals surface area contributed by atoms with Crippen LogP contribution in [0.5, 0.6) is 0 Å². The molecule has 1 aromatic carbocycles. The molecular weight excluding hydrogens is 394 g/mol. The molecule has 0 bridgehead atoms. The highest BCUT2D eigenvalue weighted by Gasteiger charge is 2.60. The molecule has 4 heteroatoms. The van der Waals surface area contributed by atoms with Crippen molar-refractivity contribution >= 4 is 16.8 Å². The molecule has 0 amide bonds. The van der Waals surface area contributed by atoms with Gasteiger partial charge in [-0.15, -0.1) is 5.10 Å². The quantitative estimate of drug-likeness (QED) is 0.571. The highest BCUT2D eigenvalue weighted by molar-refractivity contribution is 5.84. The van der Waals surface area contributed by atoms with E-state index in [1.54, 1.807) is 0 Å². The maximum Gasteiger partial charge on any atom is 0.157 e. The van der Waals surface area contributed by atoms with Crippen molar-refractivity contribution in [2.75, 3.05) is 0 Å². The Morgan fingerprint density at radius 3 is 2.66 bits per heavy atom. The van der Waals surface area contributed by atoms with Crippen LogP contribution >= 0.6 is 0 Å². The molecule has 0 spiro atoms. The van der Waals surface area contributed by atoms with Gasteiger partial charge < -0.3 is 0 Å². The van der Waals surface area contributed by atoms with Crippen LogP contribution in [0, 0.1) is 46.3 Å². The van der Waals surface area contributed by atoms with Crippen molar-refractivity contribution in [3.05, 3.63) is 24.3 Å². The standard InChI is InChI=1S/C28H39N3O/c1-18-12-14-27(2)19(16-18)8-9-20-21-10-11-23(28(21,3)15-13-22(20)27)26(32)17-31-25-7-5-4-6-24(25)29-30-31/h4-7,18-23H,8-17H2,1-3H3/t18-,19?,20-,21?,22?,23+,27-,28-/m0/s1. The Hall–Kier alpha value is -1.71. The lowest BCUT2D eigenvalue weighted by molar-refractivity contribution is -0.137. The van der Waals surface area contributed by atoms with Gasteiger partial charge in [-0.25, -0.2) is 4.68 Å². The lowest BCUT2D eigenvalue weighted by atomic mass is 9.44. The Bertz CT molecular complexity index is 1030. The molecule has 8 atom stereocenters. The van der Waals surface area contributed by atoms with Crippen LogP contribution in [-0.4, -0.2) is 20.8 Å². The zero-order valence-corrected chi connectivity index (χ0v) is 20.1. The van der Waals surface area contributed by atoms with Crippen LogP contribution in [0.25, 0.3) is 11.0 Å². The minimum atomic E-state index is 0.180. The molecule has 1 heterocycles. The summed E-state index contributed by atoms with van der Waals surface area (Å²) in [7, 11) is 0. The predicted octanol–water partition coefficient (Wildman–Crippen LogP) is 6.30. The smallest absolute Gasteiger partial charge is 0.157 e. The molecule has 1 aromatic heterocycles. The Morgan fingerprint density at radius 2 is 1.78 bits per heavy atom. The van der Waals surface area contributed by atoms with Crippen molar-refractivity contribution in [2.24, 2.45) is 46.3 Å². The summed E-state index contributed by atoms with van der Waals surface area (Å²) in [6.45, 7) is 7.96. The number of Topliss-reactive ketones (excluding diaryl/α,β-unsaturated/α-hetero) is 1. The normalized spacial score (nSPS) is 43.5. The molecule has 0 radical (unpaired) electrons. The van der Waals surface area contributed by atoms with Gasteiger partial charge in [0.15, 0.2) is 5.78 Å². The summed E-state index contributed by atoms with van der Waals surface area (Å²) >= 11 is 0. The van der Waals surface area contributed by atoms with Crippen LogP contribution in [0.3, 0.4) is 0 Å². The maximum absolute atomic E-state index is 13.6.